The zero-order valence-electron chi connectivity index (χ0n) is 24.4. The van der Waals surface area contributed by atoms with Crippen molar-refractivity contribution in [3.8, 4) is 0 Å². The number of nitro benzene ring substituents is 2. The van der Waals surface area contributed by atoms with E-state index in [0.717, 1.165) is 51.4 Å². The van der Waals surface area contributed by atoms with Crippen LogP contribution in [0.4, 0.5) is 21.5 Å². The van der Waals surface area contributed by atoms with Crippen molar-refractivity contribution in [3.63, 3.8) is 0 Å². The van der Waals surface area contributed by atoms with E-state index < -0.39 is 16.4 Å². The van der Waals surface area contributed by atoms with Crippen molar-refractivity contribution in [1.29, 1.82) is 0 Å². The van der Waals surface area contributed by atoms with Crippen LogP contribution in [0.5, 0.6) is 0 Å². The predicted octanol–water partition coefficient (Wildman–Crippen LogP) is -3.54. The van der Waals surface area contributed by atoms with Crippen molar-refractivity contribution in [1.82, 2.24) is 15.1 Å². The molecule has 0 aromatic heterocycles. The van der Waals surface area contributed by atoms with Crippen LogP contribution in [0.25, 0.3) is 0 Å². The first kappa shape index (κ1) is 43.3. The van der Waals surface area contributed by atoms with Gasteiger partial charge in [0.25, 0.3) is 12.2 Å². The molecule has 0 unspecified atom stereocenters. The van der Waals surface area contributed by atoms with Crippen molar-refractivity contribution in [3.05, 3.63) is 72.5 Å². The Morgan fingerprint density at radius 3 is 1.71 bits per heavy atom. The zero-order chi connectivity index (χ0) is 29.4. The van der Waals surface area contributed by atoms with Gasteiger partial charge < -0.3 is 31.6 Å². The van der Waals surface area contributed by atoms with E-state index in [4.69, 9.17) is 33.3 Å². The Labute approximate surface area is 334 Å². The molecule has 2 saturated heterocycles. The number of piperazine rings is 2. The van der Waals surface area contributed by atoms with Crippen molar-refractivity contribution in [2.45, 2.75) is 0 Å². The largest absolute Gasteiger partial charge is 1.00 e. The minimum atomic E-state index is -0.914. The Bertz CT molecular complexity index is 1090. The summed E-state index contributed by atoms with van der Waals surface area (Å²) in [5.74, 6) is -0.914. The smallest absolute Gasteiger partial charge is 1.00 e. The number of halogens is 3. The van der Waals surface area contributed by atoms with E-state index >= 15 is 0 Å². The molecule has 2 aromatic rings. The van der Waals surface area contributed by atoms with Gasteiger partial charge in [-0.3, -0.25) is 25.0 Å². The number of hydrogen-bond donors (Lipinski definition) is 1. The van der Waals surface area contributed by atoms with E-state index in [2.05, 4.69) is 27.1 Å². The molecule has 0 saturated carbocycles. The Morgan fingerprint density at radius 1 is 0.878 bits per heavy atom. The minimum absolute atomic E-state index is 0. The summed E-state index contributed by atoms with van der Waals surface area (Å²) in [5, 5.41) is 33.4. The van der Waals surface area contributed by atoms with E-state index in [1.807, 2.05) is 11.9 Å². The fourth-order valence-electron chi connectivity index (χ4n) is 3.36. The summed E-state index contributed by atoms with van der Waals surface area (Å²) in [5.41, 5.74) is 0.184. The average Bonchev–Trinajstić information content (AvgIpc) is 2.90. The molecule has 0 amide bonds. The second-order valence-electron chi connectivity index (χ2n) is 8.28. The first-order valence-electron chi connectivity index (χ1n) is 11.6. The van der Waals surface area contributed by atoms with Gasteiger partial charge in [0.15, 0.2) is 0 Å². The van der Waals surface area contributed by atoms with Gasteiger partial charge in [-0.05, 0) is 38.4 Å². The van der Waals surface area contributed by atoms with Gasteiger partial charge in [-0.15, -0.1) is 0 Å². The van der Waals surface area contributed by atoms with Gasteiger partial charge >= 0.3 is 108 Å². The fraction of sp³-hybridized carbons (Fsp3) is 0.435. The Kier molecular flexibility index (Phi) is 25.8. The molecule has 2 aliphatic heterocycles. The van der Waals surface area contributed by atoms with Crippen LogP contribution in [-0.4, -0.2) is 92.6 Å². The number of hydrogen-bond acceptors (Lipinski definition) is 11. The van der Waals surface area contributed by atoms with Gasteiger partial charge in [0.05, 0.1) is 9.85 Å². The predicted molar refractivity (Wildman–Crippen MR) is 145 cm³/mol. The van der Waals surface area contributed by atoms with Crippen LogP contribution in [0.15, 0.2) is 36.4 Å². The van der Waals surface area contributed by atoms with Gasteiger partial charge in [0.2, 0.25) is 5.82 Å². The van der Waals surface area contributed by atoms with Crippen molar-refractivity contribution >= 4 is 46.7 Å². The first-order chi connectivity index (χ1) is 18.5. The van der Waals surface area contributed by atoms with Crippen molar-refractivity contribution in [2.24, 2.45) is 0 Å². The molecule has 0 aliphatic carbocycles. The number of anilines is 1. The number of nitrogens with one attached hydrogen (secondary N) is 1. The average molecular weight is 672 g/mol. The van der Waals surface area contributed by atoms with Gasteiger partial charge in [-0.2, -0.15) is 4.39 Å². The summed E-state index contributed by atoms with van der Waals surface area (Å²) < 4.78 is 12.6. The van der Waals surface area contributed by atoms with E-state index in [9.17, 15) is 24.6 Å². The third kappa shape index (κ3) is 17.9. The molecule has 0 spiro atoms. The maximum absolute atomic E-state index is 12.6. The second kappa shape index (κ2) is 24.5. The molecule has 2 aromatic carbocycles. The standard InChI is InChI=1S/C11H14ClN3O2.C6H3ClFNO2.C5H12N2.CH2O3.2K.H/c1-13-4-6-14(7-5-13)11-8-9(12)2-3-10(11)15(16)17;7-4-1-2-6(9(10)11)5(8)3-4;1-7-4-2-6-3-5-7;2-1-4-3;;;/h2-3,8H,4-7H2,1H3;1-3H;6H,2-5H2,1H3;1,3H;;;/q;;;;2*+1;-1/p-1. The van der Waals surface area contributed by atoms with Crippen LogP contribution in [0.3, 0.4) is 0 Å². The molecule has 0 radical (unpaired) electrons. The van der Waals surface area contributed by atoms with E-state index in [1.54, 1.807) is 12.1 Å². The zero-order valence-corrected chi connectivity index (χ0v) is 31.2. The van der Waals surface area contributed by atoms with Gasteiger partial charge in [-0.25, -0.2) is 0 Å². The topological polar surface area (TPSA) is 157 Å². The van der Waals surface area contributed by atoms with Gasteiger partial charge in [-0.1, -0.05) is 23.2 Å². The fourth-order valence-corrected chi connectivity index (χ4v) is 3.68. The number of likely N-dealkylation sites (N-methyl/N-ethyl adjacent to an activating group) is 2. The SMILES string of the molecule is CN1CCN(c2cc(Cl)ccc2[N+](=O)[O-])CC1.CN1CCNCC1.O=CO[O-].O=[N+]([O-])c1ccc(Cl)cc1F.[H-].[K+].[K+]. The molecule has 0 atom stereocenters. The molecular weight excluding hydrogens is 640 g/mol. The number of nitrogens with zero attached hydrogens (tertiary/aromatic N) is 5. The number of rotatable bonds is 4. The van der Waals surface area contributed by atoms with Crippen LogP contribution >= 0.6 is 23.2 Å². The van der Waals surface area contributed by atoms with Crippen LogP contribution in [0.1, 0.15) is 1.43 Å². The summed E-state index contributed by atoms with van der Waals surface area (Å²) in [6.07, 6.45) is 0. The molecule has 4 rings (SSSR count). The number of carbonyl (C=O) groups is 1. The number of nitro groups is 2. The minimum Gasteiger partial charge on any atom is -1.00 e. The van der Waals surface area contributed by atoms with Crippen LogP contribution in [0.2, 0.25) is 10.0 Å². The van der Waals surface area contributed by atoms with E-state index in [-0.39, 0.29) is 126 Å². The van der Waals surface area contributed by atoms with E-state index in [1.165, 1.54) is 25.2 Å². The molecule has 13 nitrogen and oxygen atoms in total. The molecule has 2 aliphatic rings. The van der Waals surface area contributed by atoms with Crippen LogP contribution < -0.4 is 118 Å². The van der Waals surface area contributed by atoms with Crippen molar-refractivity contribution in [2.75, 3.05) is 71.4 Å². The second-order valence-corrected chi connectivity index (χ2v) is 9.15. The maximum Gasteiger partial charge on any atom is 1.00 e. The van der Waals surface area contributed by atoms with Crippen LogP contribution in [0, 0.1) is 26.0 Å². The van der Waals surface area contributed by atoms with Gasteiger partial charge in [0, 0.05) is 74.5 Å². The molecule has 0 bridgehead atoms. The van der Waals surface area contributed by atoms with Gasteiger partial charge in [0.1, 0.15) is 5.69 Å². The third-order valence-electron chi connectivity index (χ3n) is 5.46. The first-order valence-corrected chi connectivity index (χ1v) is 12.3. The molecule has 18 heteroatoms. The van der Waals surface area contributed by atoms with Crippen LogP contribution in [-0.2, 0) is 9.68 Å². The summed E-state index contributed by atoms with van der Waals surface area (Å²) in [7, 11) is 4.20. The summed E-state index contributed by atoms with van der Waals surface area (Å²) in [4.78, 5) is 37.7. The van der Waals surface area contributed by atoms with Crippen molar-refractivity contribution < 1.29 is 133 Å². The molecular formula is C23H31Cl2FK2N6O7. The molecule has 2 heterocycles. The number of carbonyl (C=O) groups excluding carboxylic acids is 1. The maximum atomic E-state index is 12.6. The molecule has 218 valence electrons. The summed E-state index contributed by atoms with van der Waals surface area (Å²) in [6.45, 7) is 7.95. The quantitative estimate of drug-likeness (QED) is 0.113. The Morgan fingerprint density at radius 2 is 1.32 bits per heavy atom. The van der Waals surface area contributed by atoms with E-state index in [0.29, 0.717) is 10.7 Å². The summed E-state index contributed by atoms with van der Waals surface area (Å²) >= 11 is 11.3. The monoisotopic (exact) mass is 670 g/mol. The number of benzene rings is 2. The molecule has 1 N–H and O–H groups in total. The molecule has 41 heavy (non-hydrogen) atoms. The normalized spacial score (nSPS) is 14.5. The third-order valence-corrected chi connectivity index (χ3v) is 5.93. The summed E-state index contributed by atoms with van der Waals surface area (Å²) in [6, 6.07) is 7.89. The Balaban J connectivity index is -0.000000528. The molecule has 2 fully saturated rings. The Hall–Kier alpha value is 0.133.